The predicted molar refractivity (Wildman–Crippen MR) is 93.4 cm³/mol. The Labute approximate surface area is 141 Å². The van der Waals surface area contributed by atoms with Gasteiger partial charge in [0.05, 0.1) is 18.3 Å². The Morgan fingerprint density at radius 2 is 1.79 bits per heavy atom. The lowest BCUT2D eigenvalue weighted by molar-refractivity contribution is -0.133. The summed E-state index contributed by atoms with van der Waals surface area (Å²) in [6, 6.07) is 17.4. The fourth-order valence-corrected chi connectivity index (χ4v) is 2.55. The molecule has 4 heteroatoms. The molecule has 2 aromatic carbocycles. The largest absolute Gasteiger partial charge is 0.426 e. The van der Waals surface area contributed by atoms with Crippen molar-refractivity contribution in [2.45, 2.75) is 26.2 Å². The molecule has 122 valence electrons. The van der Waals surface area contributed by atoms with Crippen molar-refractivity contribution in [1.82, 2.24) is 9.78 Å². The second kappa shape index (κ2) is 7.13. The van der Waals surface area contributed by atoms with Gasteiger partial charge in [-0.15, -0.1) is 0 Å². The number of hydrogen-bond donors (Lipinski definition) is 0. The fourth-order valence-electron chi connectivity index (χ4n) is 2.55. The molecule has 0 aliphatic carbocycles. The van der Waals surface area contributed by atoms with Crippen molar-refractivity contribution in [3.8, 4) is 11.4 Å². The molecule has 1 aromatic heterocycles. The molecular formula is C20H20N2O2. The number of aromatic nitrogens is 2. The van der Waals surface area contributed by atoms with Crippen molar-refractivity contribution in [3.05, 3.63) is 78.1 Å². The fraction of sp³-hybridized carbons (Fsp3) is 0.200. The van der Waals surface area contributed by atoms with E-state index in [1.807, 2.05) is 60.8 Å². The van der Waals surface area contributed by atoms with Crippen LogP contribution in [-0.4, -0.2) is 15.7 Å². The number of ether oxygens (including phenoxy) is 1. The van der Waals surface area contributed by atoms with E-state index < -0.39 is 0 Å². The van der Waals surface area contributed by atoms with Crippen LogP contribution >= 0.6 is 0 Å². The average Bonchev–Trinajstić information content (AvgIpc) is 3.04. The number of esters is 1. The molecule has 1 heterocycles. The van der Waals surface area contributed by atoms with Crippen LogP contribution in [0.1, 0.15) is 30.9 Å². The Hall–Kier alpha value is -2.88. The van der Waals surface area contributed by atoms with Crippen LogP contribution in [-0.2, 0) is 11.2 Å². The van der Waals surface area contributed by atoms with Crippen LogP contribution in [0.2, 0.25) is 0 Å². The van der Waals surface area contributed by atoms with Crippen molar-refractivity contribution < 1.29 is 9.53 Å². The molecule has 0 fully saturated rings. The minimum absolute atomic E-state index is 0.194. The number of carbonyl (C=O) groups is 1. The van der Waals surface area contributed by atoms with E-state index in [9.17, 15) is 4.79 Å². The number of carbonyl (C=O) groups excluding carboxylic acids is 1. The van der Waals surface area contributed by atoms with Crippen molar-refractivity contribution in [2.24, 2.45) is 0 Å². The number of para-hydroxylation sites is 2. The highest BCUT2D eigenvalue weighted by atomic mass is 16.5. The second-order valence-corrected chi connectivity index (χ2v) is 5.97. The molecule has 0 spiro atoms. The summed E-state index contributed by atoms with van der Waals surface area (Å²) >= 11 is 0. The normalized spacial score (nSPS) is 10.8. The highest BCUT2D eigenvalue weighted by molar-refractivity contribution is 5.75. The zero-order chi connectivity index (χ0) is 16.9. The molecule has 4 nitrogen and oxygen atoms in total. The van der Waals surface area contributed by atoms with E-state index in [1.54, 1.807) is 10.9 Å². The van der Waals surface area contributed by atoms with Crippen molar-refractivity contribution >= 4 is 5.97 Å². The number of rotatable bonds is 5. The number of benzene rings is 2. The highest BCUT2D eigenvalue weighted by Crippen LogP contribution is 2.26. The van der Waals surface area contributed by atoms with Gasteiger partial charge in [-0.1, -0.05) is 50.2 Å². The van der Waals surface area contributed by atoms with Crippen LogP contribution in [0.5, 0.6) is 5.75 Å². The molecule has 0 amide bonds. The SMILES string of the molecule is CC(C)c1ccccc1OC(=O)Cc1cnn(-c2ccccc2)c1. The molecule has 3 rings (SSSR count). The third-order valence-electron chi connectivity index (χ3n) is 3.77. The molecule has 0 aliphatic heterocycles. The zero-order valence-electron chi connectivity index (χ0n) is 13.8. The Morgan fingerprint density at radius 1 is 1.08 bits per heavy atom. The molecule has 0 aliphatic rings. The van der Waals surface area contributed by atoms with Gasteiger partial charge >= 0.3 is 5.97 Å². The molecule has 0 N–H and O–H groups in total. The van der Waals surface area contributed by atoms with Gasteiger partial charge in [0.2, 0.25) is 0 Å². The zero-order valence-corrected chi connectivity index (χ0v) is 13.8. The van der Waals surface area contributed by atoms with Crippen LogP contribution in [0, 0.1) is 0 Å². The van der Waals surface area contributed by atoms with Crippen molar-refractivity contribution in [2.75, 3.05) is 0 Å². The maximum atomic E-state index is 12.2. The quantitative estimate of drug-likeness (QED) is 0.524. The van der Waals surface area contributed by atoms with E-state index in [2.05, 4.69) is 18.9 Å². The minimum atomic E-state index is -0.282. The van der Waals surface area contributed by atoms with E-state index in [1.165, 1.54) is 0 Å². The topological polar surface area (TPSA) is 44.1 Å². The first-order chi connectivity index (χ1) is 11.6. The van der Waals surface area contributed by atoms with Crippen LogP contribution in [0.3, 0.4) is 0 Å². The van der Waals surface area contributed by atoms with E-state index in [4.69, 9.17) is 4.74 Å². The molecule has 0 bridgehead atoms. The Kier molecular flexibility index (Phi) is 4.75. The molecule has 0 atom stereocenters. The van der Waals surface area contributed by atoms with E-state index in [0.717, 1.165) is 16.8 Å². The van der Waals surface area contributed by atoms with Gasteiger partial charge in [-0.25, -0.2) is 4.68 Å². The first kappa shape index (κ1) is 16.0. The summed E-state index contributed by atoms with van der Waals surface area (Å²) in [5.41, 5.74) is 2.82. The molecule has 24 heavy (non-hydrogen) atoms. The maximum Gasteiger partial charge on any atom is 0.315 e. The average molecular weight is 320 g/mol. The Morgan fingerprint density at radius 3 is 2.54 bits per heavy atom. The minimum Gasteiger partial charge on any atom is -0.426 e. The van der Waals surface area contributed by atoms with E-state index >= 15 is 0 Å². The molecule has 0 radical (unpaired) electrons. The summed E-state index contributed by atoms with van der Waals surface area (Å²) < 4.78 is 7.30. The van der Waals surface area contributed by atoms with E-state index in [-0.39, 0.29) is 12.4 Å². The standard InChI is InChI=1S/C20H20N2O2/c1-15(2)18-10-6-7-11-19(18)24-20(23)12-16-13-21-22(14-16)17-8-4-3-5-9-17/h3-11,13-15H,12H2,1-2H3. The van der Waals surface area contributed by atoms with Crippen molar-refractivity contribution in [3.63, 3.8) is 0 Å². The molecular weight excluding hydrogens is 300 g/mol. The molecule has 0 unspecified atom stereocenters. The van der Waals surface area contributed by atoms with Gasteiger partial charge < -0.3 is 4.74 Å². The van der Waals surface area contributed by atoms with Gasteiger partial charge in [0.1, 0.15) is 5.75 Å². The summed E-state index contributed by atoms with van der Waals surface area (Å²) in [6.45, 7) is 4.16. The van der Waals surface area contributed by atoms with E-state index in [0.29, 0.717) is 11.7 Å². The summed E-state index contributed by atoms with van der Waals surface area (Å²) in [5, 5.41) is 4.30. The Bertz CT molecular complexity index is 822. The predicted octanol–water partition coefficient (Wildman–Crippen LogP) is 4.14. The lowest BCUT2D eigenvalue weighted by atomic mass is 10.0. The summed E-state index contributed by atoms with van der Waals surface area (Å²) in [7, 11) is 0. The van der Waals surface area contributed by atoms with Gasteiger partial charge in [-0.05, 0) is 29.7 Å². The first-order valence-corrected chi connectivity index (χ1v) is 8.02. The molecule has 0 saturated heterocycles. The van der Waals surface area contributed by atoms with Gasteiger partial charge in [-0.2, -0.15) is 5.10 Å². The molecule has 0 saturated carbocycles. The van der Waals surface area contributed by atoms with Gasteiger partial charge in [-0.3, -0.25) is 4.79 Å². The first-order valence-electron chi connectivity index (χ1n) is 8.02. The van der Waals surface area contributed by atoms with Crippen LogP contribution < -0.4 is 4.74 Å². The second-order valence-electron chi connectivity index (χ2n) is 5.97. The van der Waals surface area contributed by atoms with Crippen molar-refractivity contribution in [1.29, 1.82) is 0 Å². The molecule has 3 aromatic rings. The smallest absolute Gasteiger partial charge is 0.315 e. The third-order valence-corrected chi connectivity index (χ3v) is 3.77. The monoisotopic (exact) mass is 320 g/mol. The van der Waals surface area contributed by atoms with Gasteiger partial charge in [0.15, 0.2) is 0 Å². The highest BCUT2D eigenvalue weighted by Gasteiger charge is 2.13. The summed E-state index contributed by atoms with van der Waals surface area (Å²) in [5.74, 6) is 0.651. The lowest BCUT2D eigenvalue weighted by Crippen LogP contribution is -2.12. The van der Waals surface area contributed by atoms with Crippen LogP contribution in [0.4, 0.5) is 0 Å². The van der Waals surface area contributed by atoms with Gasteiger partial charge in [0, 0.05) is 11.8 Å². The summed E-state index contributed by atoms with van der Waals surface area (Å²) in [6.07, 6.45) is 3.74. The number of hydrogen-bond acceptors (Lipinski definition) is 3. The van der Waals surface area contributed by atoms with Crippen LogP contribution in [0.15, 0.2) is 67.0 Å². The third kappa shape index (κ3) is 3.71. The lowest BCUT2D eigenvalue weighted by Gasteiger charge is -2.12. The van der Waals surface area contributed by atoms with Crippen LogP contribution in [0.25, 0.3) is 5.69 Å². The number of nitrogens with zero attached hydrogens (tertiary/aromatic N) is 2. The summed E-state index contributed by atoms with van der Waals surface area (Å²) in [4.78, 5) is 12.2. The Balaban J connectivity index is 1.69. The maximum absolute atomic E-state index is 12.2. The van der Waals surface area contributed by atoms with Gasteiger partial charge in [0.25, 0.3) is 0 Å².